The Morgan fingerprint density at radius 1 is 1.07 bits per heavy atom. The van der Waals surface area contributed by atoms with E-state index in [-0.39, 0.29) is 5.91 Å². The highest BCUT2D eigenvalue weighted by Crippen LogP contribution is 2.28. The van der Waals surface area contributed by atoms with Crippen LogP contribution in [0.5, 0.6) is 0 Å². The van der Waals surface area contributed by atoms with Crippen LogP contribution in [0.4, 0.5) is 5.82 Å². The Balaban J connectivity index is 1.65. The summed E-state index contributed by atoms with van der Waals surface area (Å²) in [4.78, 5) is 28.6. The molecule has 3 heterocycles. The van der Waals surface area contributed by atoms with E-state index in [2.05, 4.69) is 41.8 Å². The first-order chi connectivity index (χ1) is 14.0. The number of para-hydroxylation sites is 1. The molecule has 2 aliphatic rings. The lowest BCUT2D eigenvalue weighted by atomic mass is 9.99. The fourth-order valence-electron chi connectivity index (χ4n) is 4.50. The van der Waals surface area contributed by atoms with E-state index in [1.165, 1.54) is 18.4 Å². The molecule has 0 atom stereocenters. The first-order valence-electron chi connectivity index (χ1n) is 11.0. The number of aryl methyl sites for hydroxylation is 1. The van der Waals surface area contributed by atoms with E-state index < -0.39 is 0 Å². The molecule has 0 radical (unpaired) electrons. The van der Waals surface area contributed by atoms with Crippen molar-refractivity contribution in [2.75, 3.05) is 44.2 Å². The fraction of sp³-hybridized carbons (Fsp3) is 0.609. The summed E-state index contributed by atoms with van der Waals surface area (Å²) in [6.45, 7) is 12.5. The Morgan fingerprint density at radius 3 is 2.62 bits per heavy atom. The van der Waals surface area contributed by atoms with Gasteiger partial charge in [-0.2, -0.15) is 0 Å². The molecular weight excluding hydrogens is 362 g/mol. The third-order valence-electron chi connectivity index (χ3n) is 6.44. The van der Waals surface area contributed by atoms with Gasteiger partial charge in [-0.3, -0.25) is 9.69 Å². The molecule has 1 aromatic heterocycles. The maximum Gasteiger partial charge on any atom is 0.219 e. The number of benzene rings is 1. The standard InChI is InChI=1S/C23H33N5O/c1-17-8-12-26(13-9-17)16-21-24-22-18(2)6-4-7-20(22)23(25-21)28-11-5-10-27(14-15-28)19(3)29/h4,6-7,17H,5,8-16H2,1-3H3. The van der Waals surface area contributed by atoms with Crippen LogP contribution in [0.15, 0.2) is 18.2 Å². The molecule has 2 aliphatic heterocycles. The zero-order chi connectivity index (χ0) is 20.4. The summed E-state index contributed by atoms with van der Waals surface area (Å²) in [6, 6.07) is 6.36. The van der Waals surface area contributed by atoms with E-state index in [1.807, 2.05) is 4.90 Å². The molecule has 1 amide bonds. The third kappa shape index (κ3) is 4.53. The lowest BCUT2D eigenvalue weighted by molar-refractivity contribution is -0.128. The maximum absolute atomic E-state index is 11.8. The smallest absolute Gasteiger partial charge is 0.219 e. The Bertz CT molecular complexity index is 875. The van der Waals surface area contributed by atoms with Crippen molar-refractivity contribution >= 4 is 22.6 Å². The highest BCUT2D eigenvalue weighted by Gasteiger charge is 2.22. The summed E-state index contributed by atoms with van der Waals surface area (Å²) >= 11 is 0. The molecule has 0 aliphatic carbocycles. The molecule has 2 aromatic rings. The number of aromatic nitrogens is 2. The highest BCUT2D eigenvalue weighted by atomic mass is 16.2. The predicted molar refractivity (Wildman–Crippen MR) is 117 cm³/mol. The van der Waals surface area contributed by atoms with Crippen molar-refractivity contribution in [2.45, 2.75) is 46.6 Å². The molecule has 29 heavy (non-hydrogen) atoms. The predicted octanol–water partition coefficient (Wildman–Crippen LogP) is 3.23. The minimum atomic E-state index is 0.162. The van der Waals surface area contributed by atoms with Gasteiger partial charge in [0.1, 0.15) is 11.6 Å². The lowest BCUT2D eigenvalue weighted by Crippen LogP contribution is -2.35. The van der Waals surface area contributed by atoms with Crippen LogP contribution in [0.1, 0.15) is 44.5 Å². The fourth-order valence-corrected chi connectivity index (χ4v) is 4.50. The van der Waals surface area contributed by atoms with E-state index in [0.717, 1.165) is 80.7 Å². The second kappa shape index (κ2) is 8.66. The summed E-state index contributed by atoms with van der Waals surface area (Å²) < 4.78 is 0. The number of carbonyl (C=O) groups is 1. The molecule has 4 rings (SSSR count). The van der Waals surface area contributed by atoms with Gasteiger partial charge in [0.05, 0.1) is 12.1 Å². The number of likely N-dealkylation sites (tertiary alicyclic amines) is 1. The number of amides is 1. The molecular formula is C23H33N5O. The Kier molecular flexibility index (Phi) is 5.99. The van der Waals surface area contributed by atoms with Crippen molar-refractivity contribution < 1.29 is 4.79 Å². The van der Waals surface area contributed by atoms with E-state index in [0.29, 0.717) is 0 Å². The van der Waals surface area contributed by atoms with E-state index in [9.17, 15) is 4.79 Å². The van der Waals surface area contributed by atoms with Gasteiger partial charge < -0.3 is 9.80 Å². The van der Waals surface area contributed by atoms with Gasteiger partial charge >= 0.3 is 0 Å². The quantitative estimate of drug-likeness (QED) is 0.799. The zero-order valence-electron chi connectivity index (χ0n) is 18.0. The van der Waals surface area contributed by atoms with Gasteiger partial charge in [-0.15, -0.1) is 0 Å². The SMILES string of the molecule is CC(=O)N1CCCN(c2nc(CN3CCC(C)CC3)nc3c(C)cccc23)CC1. The van der Waals surface area contributed by atoms with E-state index in [4.69, 9.17) is 9.97 Å². The summed E-state index contributed by atoms with van der Waals surface area (Å²) in [5.41, 5.74) is 2.25. The summed E-state index contributed by atoms with van der Waals surface area (Å²) in [6.07, 6.45) is 3.48. The molecule has 6 heteroatoms. The van der Waals surface area contributed by atoms with Crippen molar-refractivity contribution in [3.8, 4) is 0 Å². The van der Waals surface area contributed by atoms with Gasteiger partial charge in [-0.05, 0) is 56.8 Å². The number of fused-ring (bicyclic) bond motifs is 1. The summed E-state index contributed by atoms with van der Waals surface area (Å²) in [5, 5.41) is 1.12. The van der Waals surface area contributed by atoms with Crippen LogP contribution in [-0.4, -0.2) is 64.9 Å². The number of carbonyl (C=O) groups excluding carboxylic acids is 1. The Hall–Kier alpha value is -2.21. The zero-order valence-corrected chi connectivity index (χ0v) is 18.0. The van der Waals surface area contributed by atoms with E-state index >= 15 is 0 Å². The van der Waals surface area contributed by atoms with Crippen molar-refractivity contribution in [2.24, 2.45) is 5.92 Å². The number of nitrogens with zero attached hydrogens (tertiary/aromatic N) is 5. The molecule has 2 saturated heterocycles. The molecule has 0 bridgehead atoms. The van der Waals surface area contributed by atoms with Crippen LogP contribution in [0, 0.1) is 12.8 Å². The first kappa shape index (κ1) is 20.1. The van der Waals surface area contributed by atoms with Gasteiger partial charge in [0, 0.05) is 38.5 Å². The topological polar surface area (TPSA) is 52.6 Å². The van der Waals surface area contributed by atoms with Gasteiger partial charge in [0.15, 0.2) is 0 Å². The van der Waals surface area contributed by atoms with Crippen LogP contribution in [0.3, 0.4) is 0 Å². The van der Waals surface area contributed by atoms with Crippen LogP contribution in [-0.2, 0) is 11.3 Å². The largest absolute Gasteiger partial charge is 0.354 e. The highest BCUT2D eigenvalue weighted by molar-refractivity contribution is 5.91. The number of anilines is 1. The second-order valence-electron chi connectivity index (χ2n) is 8.74. The van der Waals surface area contributed by atoms with Crippen LogP contribution in [0.2, 0.25) is 0 Å². The maximum atomic E-state index is 11.8. The van der Waals surface area contributed by atoms with Crippen LogP contribution >= 0.6 is 0 Å². The molecule has 0 N–H and O–H groups in total. The average Bonchev–Trinajstić information content (AvgIpc) is 2.96. The minimum absolute atomic E-state index is 0.162. The Morgan fingerprint density at radius 2 is 1.86 bits per heavy atom. The van der Waals surface area contributed by atoms with E-state index in [1.54, 1.807) is 6.92 Å². The van der Waals surface area contributed by atoms with Crippen LogP contribution < -0.4 is 4.90 Å². The summed E-state index contributed by atoms with van der Waals surface area (Å²) in [7, 11) is 0. The van der Waals surface area contributed by atoms with Gasteiger partial charge in [0.25, 0.3) is 0 Å². The number of rotatable bonds is 3. The number of hydrogen-bond donors (Lipinski definition) is 0. The van der Waals surface area contributed by atoms with Crippen LogP contribution in [0.25, 0.3) is 10.9 Å². The third-order valence-corrected chi connectivity index (χ3v) is 6.44. The minimum Gasteiger partial charge on any atom is -0.354 e. The van der Waals surface area contributed by atoms with Crippen molar-refractivity contribution in [3.05, 3.63) is 29.6 Å². The second-order valence-corrected chi connectivity index (χ2v) is 8.74. The Labute approximate surface area is 173 Å². The molecule has 6 nitrogen and oxygen atoms in total. The van der Waals surface area contributed by atoms with Crippen molar-refractivity contribution in [1.29, 1.82) is 0 Å². The normalized spacial score (nSPS) is 19.6. The average molecular weight is 396 g/mol. The molecule has 0 saturated carbocycles. The lowest BCUT2D eigenvalue weighted by Gasteiger charge is -2.30. The van der Waals surface area contributed by atoms with Gasteiger partial charge in [-0.25, -0.2) is 9.97 Å². The first-order valence-corrected chi connectivity index (χ1v) is 11.0. The van der Waals surface area contributed by atoms with Gasteiger partial charge in [-0.1, -0.05) is 19.1 Å². The summed E-state index contributed by atoms with van der Waals surface area (Å²) in [5.74, 6) is 2.94. The van der Waals surface area contributed by atoms with Gasteiger partial charge in [0.2, 0.25) is 5.91 Å². The molecule has 156 valence electrons. The monoisotopic (exact) mass is 395 g/mol. The molecule has 2 fully saturated rings. The molecule has 0 unspecified atom stereocenters. The molecule has 1 aromatic carbocycles. The molecule has 0 spiro atoms. The van der Waals surface area contributed by atoms with Crippen molar-refractivity contribution in [1.82, 2.24) is 19.8 Å². The number of hydrogen-bond acceptors (Lipinski definition) is 5. The van der Waals surface area contributed by atoms with Crippen molar-refractivity contribution in [3.63, 3.8) is 0 Å². The number of piperidine rings is 1.